The second-order valence-corrected chi connectivity index (χ2v) is 3.97. The van der Waals surface area contributed by atoms with E-state index in [9.17, 15) is 5.11 Å². The van der Waals surface area contributed by atoms with Gasteiger partial charge in [-0.25, -0.2) is 0 Å². The van der Waals surface area contributed by atoms with Crippen LogP contribution in [0.1, 0.15) is 12.0 Å². The Kier molecular flexibility index (Phi) is 3.72. The van der Waals surface area contributed by atoms with E-state index in [1.165, 1.54) is 0 Å². The number of benzene rings is 1. The molecule has 0 spiro atoms. The molecule has 2 rings (SSSR count). The van der Waals surface area contributed by atoms with Crippen molar-refractivity contribution < 1.29 is 14.9 Å². The summed E-state index contributed by atoms with van der Waals surface area (Å²) in [6.07, 6.45) is 3.34. The minimum atomic E-state index is -0.560. The quantitative estimate of drug-likeness (QED) is 0.805. The van der Waals surface area contributed by atoms with E-state index in [4.69, 9.17) is 9.84 Å². The van der Waals surface area contributed by atoms with Crippen molar-refractivity contribution in [2.24, 2.45) is 0 Å². The third kappa shape index (κ3) is 2.70. The van der Waals surface area contributed by atoms with Gasteiger partial charge in [0, 0.05) is 6.42 Å². The lowest BCUT2D eigenvalue weighted by Crippen LogP contribution is -2.24. The number of ether oxygens (including phenoxy) is 1. The summed E-state index contributed by atoms with van der Waals surface area (Å²) in [6, 6.07) is 9.92. The molecule has 3 atom stereocenters. The van der Waals surface area contributed by atoms with Gasteiger partial charge in [0.15, 0.2) is 0 Å². The van der Waals surface area contributed by atoms with Gasteiger partial charge in [0.2, 0.25) is 0 Å². The first-order valence-corrected chi connectivity index (χ1v) is 5.47. The number of hydrogen-bond acceptors (Lipinski definition) is 3. The summed E-state index contributed by atoms with van der Waals surface area (Å²) in [6.45, 7) is -0.128. The molecule has 3 nitrogen and oxygen atoms in total. The first kappa shape index (κ1) is 11.3. The van der Waals surface area contributed by atoms with Crippen LogP contribution in [0.4, 0.5) is 0 Å². The molecule has 1 fully saturated rings. The molecule has 0 aromatic heterocycles. The predicted molar refractivity (Wildman–Crippen MR) is 61.8 cm³/mol. The minimum absolute atomic E-state index is 0.104. The van der Waals surface area contributed by atoms with Crippen LogP contribution >= 0.6 is 0 Å². The second kappa shape index (κ2) is 5.25. The van der Waals surface area contributed by atoms with E-state index in [2.05, 4.69) is 0 Å². The van der Waals surface area contributed by atoms with Crippen LogP contribution in [0.25, 0.3) is 6.08 Å². The van der Waals surface area contributed by atoms with Gasteiger partial charge in [-0.05, 0) is 5.56 Å². The molecule has 1 aromatic carbocycles. The summed E-state index contributed by atoms with van der Waals surface area (Å²) in [5.74, 6) is 0. The van der Waals surface area contributed by atoms with E-state index in [0.29, 0.717) is 6.42 Å². The van der Waals surface area contributed by atoms with Gasteiger partial charge in [-0.3, -0.25) is 0 Å². The number of rotatable bonds is 3. The Morgan fingerprint density at radius 1 is 1.31 bits per heavy atom. The van der Waals surface area contributed by atoms with E-state index in [0.717, 1.165) is 5.56 Å². The highest BCUT2D eigenvalue weighted by Gasteiger charge is 2.31. The molecule has 0 amide bonds. The Labute approximate surface area is 95.0 Å². The maximum Gasteiger partial charge on any atom is 0.107 e. The van der Waals surface area contributed by atoms with Crippen LogP contribution < -0.4 is 0 Å². The van der Waals surface area contributed by atoms with Crippen molar-refractivity contribution >= 4 is 6.08 Å². The SMILES string of the molecule is OC[C@H]1O[C@@H](/C=C/c2ccccc2)C[C@@H]1O. The third-order valence-corrected chi connectivity index (χ3v) is 2.74. The Morgan fingerprint density at radius 3 is 2.69 bits per heavy atom. The average molecular weight is 220 g/mol. The van der Waals surface area contributed by atoms with Crippen molar-refractivity contribution in [3.8, 4) is 0 Å². The zero-order chi connectivity index (χ0) is 11.4. The zero-order valence-electron chi connectivity index (χ0n) is 8.99. The lowest BCUT2D eigenvalue weighted by Gasteiger charge is -2.09. The van der Waals surface area contributed by atoms with E-state index >= 15 is 0 Å². The van der Waals surface area contributed by atoms with Gasteiger partial charge in [-0.2, -0.15) is 0 Å². The van der Waals surface area contributed by atoms with Crippen LogP contribution in [0.2, 0.25) is 0 Å². The molecule has 1 aromatic rings. The van der Waals surface area contributed by atoms with Crippen molar-refractivity contribution in [1.29, 1.82) is 0 Å². The molecule has 0 bridgehead atoms. The first-order valence-electron chi connectivity index (χ1n) is 5.47. The van der Waals surface area contributed by atoms with Gasteiger partial charge in [-0.15, -0.1) is 0 Å². The van der Waals surface area contributed by atoms with Crippen molar-refractivity contribution in [2.45, 2.75) is 24.7 Å². The maximum atomic E-state index is 9.54. The van der Waals surface area contributed by atoms with Crippen LogP contribution in [-0.2, 0) is 4.74 Å². The smallest absolute Gasteiger partial charge is 0.107 e. The summed E-state index contributed by atoms with van der Waals surface area (Å²) >= 11 is 0. The summed E-state index contributed by atoms with van der Waals surface area (Å²) < 4.78 is 5.46. The zero-order valence-corrected chi connectivity index (χ0v) is 8.99. The van der Waals surface area contributed by atoms with Gasteiger partial charge in [0.1, 0.15) is 6.10 Å². The second-order valence-electron chi connectivity index (χ2n) is 3.97. The molecule has 2 N–H and O–H groups in total. The lowest BCUT2D eigenvalue weighted by molar-refractivity contribution is -0.0105. The largest absolute Gasteiger partial charge is 0.394 e. The molecule has 0 aliphatic carbocycles. The molecule has 86 valence electrons. The van der Waals surface area contributed by atoms with Crippen molar-refractivity contribution in [2.75, 3.05) is 6.61 Å². The molecular weight excluding hydrogens is 204 g/mol. The molecule has 1 saturated heterocycles. The van der Waals surface area contributed by atoms with Crippen LogP contribution in [-0.4, -0.2) is 35.1 Å². The van der Waals surface area contributed by atoms with Gasteiger partial charge in [-0.1, -0.05) is 42.5 Å². The number of hydrogen-bond donors (Lipinski definition) is 2. The van der Waals surface area contributed by atoms with Gasteiger partial charge >= 0.3 is 0 Å². The maximum absolute atomic E-state index is 9.54. The predicted octanol–water partition coefficient (Wildman–Crippen LogP) is 1.21. The molecule has 3 heteroatoms. The lowest BCUT2D eigenvalue weighted by atomic mass is 10.1. The first-order chi connectivity index (χ1) is 7.79. The number of aliphatic hydroxyl groups excluding tert-OH is 2. The van der Waals surface area contributed by atoms with Gasteiger partial charge in [0.05, 0.1) is 18.8 Å². The molecular formula is C13H16O3. The fourth-order valence-electron chi connectivity index (χ4n) is 1.83. The Hall–Kier alpha value is -1.16. The summed E-state index contributed by atoms with van der Waals surface area (Å²) in [7, 11) is 0. The minimum Gasteiger partial charge on any atom is -0.394 e. The molecule has 1 aliphatic rings. The van der Waals surface area contributed by atoms with Crippen molar-refractivity contribution in [1.82, 2.24) is 0 Å². The van der Waals surface area contributed by atoms with Crippen LogP contribution in [0.15, 0.2) is 36.4 Å². The summed E-state index contributed by atoms with van der Waals surface area (Å²) in [4.78, 5) is 0. The molecule has 1 aliphatic heterocycles. The highest BCUT2D eigenvalue weighted by molar-refractivity contribution is 5.49. The normalized spacial score (nSPS) is 30.0. The van der Waals surface area contributed by atoms with E-state index in [1.54, 1.807) is 0 Å². The van der Waals surface area contributed by atoms with Crippen molar-refractivity contribution in [3.05, 3.63) is 42.0 Å². The Balaban J connectivity index is 1.94. The highest BCUT2D eigenvalue weighted by atomic mass is 16.5. The third-order valence-electron chi connectivity index (χ3n) is 2.74. The summed E-state index contributed by atoms with van der Waals surface area (Å²) in [5.41, 5.74) is 1.10. The fraction of sp³-hybridized carbons (Fsp3) is 0.385. The fourth-order valence-corrected chi connectivity index (χ4v) is 1.83. The highest BCUT2D eigenvalue weighted by Crippen LogP contribution is 2.21. The van der Waals surface area contributed by atoms with Crippen LogP contribution in [0.5, 0.6) is 0 Å². The van der Waals surface area contributed by atoms with E-state index < -0.39 is 12.2 Å². The molecule has 0 saturated carbocycles. The standard InChI is InChI=1S/C13H16O3/c14-9-13-12(15)8-11(16-13)7-6-10-4-2-1-3-5-10/h1-7,11-15H,8-9H2/b7-6+/t11-,12-,13+/m0/s1. The topological polar surface area (TPSA) is 49.7 Å². The average Bonchev–Trinajstić information content (AvgIpc) is 2.69. The van der Waals surface area contributed by atoms with Gasteiger partial charge in [0.25, 0.3) is 0 Å². The summed E-state index contributed by atoms with van der Waals surface area (Å²) in [5, 5.41) is 18.5. The van der Waals surface area contributed by atoms with Crippen molar-refractivity contribution in [3.63, 3.8) is 0 Å². The van der Waals surface area contributed by atoms with E-state index in [-0.39, 0.29) is 12.7 Å². The van der Waals surface area contributed by atoms with E-state index in [1.807, 2.05) is 42.5 Å². The molecule has 16 heavy (non-hydrogen) atoms. The molecule has 0 radical (unpaired) electrons. The number of aliphatic hydroxyl groups is 2. The van der Waals surface area contributed by atoms with Crippen LogP contribution in [0.3, 0.4) is 0 Å². The monoisotopic (exact) mass is 220 g/mol. The molecule has 0 unspecified atom stereocenters. The van der Waals surface area contributed by atoms with Crippen LogP contribution in [0, 0.1) is 0 Å². The Morgan fingerprint density at radius 2 is 2.06 bits per heavy atom. The van der Waals surface area contributed by atoms with Gasteiger partial charge < -0.3 is 14.9 Å². The molecule has 1 heterocycles. The Bertz CT molecular complexity index is 347.